The van der Waals surface area contributed by atoms with Crippen molar-refractivity contribution in [3.63, 3.8) is 0 Å². The van der Waals surface area contributed by atoms with Crippen LogP contribution in [0.2, 0.25) is 0 Å². The molecule has 0 aliphatic carbocycles. The zero-order valence-corrected chi connectivity index (χ0v) is 9.46. The molecule has 2 aromatic carbocycles. The van der Waals surface area contributed by atoms with Gasteiger partial charge >= 0.3 is 6.18 Å². The first-order chi connectivity index (χ1) is 8.52. The lowest BCUT2D eigenvalue weighted by Crippen LogP contribution is -2.07. The molecule has 2 N–H and O–H groups in total. The van der Waals surface area contributed by atoms with E-state index in [2.05, 4.69) is 6.07 Å². The van der Waals surface area contributed by atoms with E-state index >= 15 is 0 Å². The second kappa shape index (κ2) is 4.82. The molecule has 0 aromatic heterocycles. The van der Waals surface area contributed by atoms with Gasteiger partial charge in [-0.3, -0.25) is 0 Å². The monoisotopic (exact) mass is 250 g/mol. The van der Waals surface area contributed by atoms with Crippen LogP contribution in [0.25, 0.3) is 11.1 Å². The first kappa shape index (κ1) is 12.6. The van der Waals surface area contributed by atoms with Crippen molar-refractivity contribution in [1.29, 1.82) is 0 Å². The summed E-state index contributed by atoms with van der Waals surface area (Å²) in [5.74, 6) is 0. The largest absolute Gasteiger partial charge is 0.416 e. The fourth-order valence-corrected chi connectivity index (χ4v) is 1.77. The second-order valence-corrected chi connectivity index (χ2v) is 3.86. The molecule has 0 spiro atoms. The van der Waals surface area contributed by atoms with Crippen LogP contribution >= 0.6 is 0 Å². The summed E-state index contributed by atoms with van der Waals surface area (Å²) in [5.41, 5.74) is 6.81. The fourth-order valence-electron chi connectivity index (χ4n) is 1.77. The highest BCUT2D eigenvalue weighted by molar-refractivity contribution is 5.68. The summed E-state index contributed by atoms with van der Waals surface area (Å²) in [5, 5.41) is 0. The molecule has 2 rings (SSSR count). The van der Waals surface area contributed by atoms with Gasteiger partial charge in [0.1, 0.15) is 0 Å². The maximum Gasteiger partial charge on any atom is 0.416 e. The molecule has 93 valence electrons. The number of hydrogen-bond acceptors (Lipinski definition) is 1. The predicted octanol–water partition coefficient (Wildman–Crippen LogP) is 3.63. The van der Waals surface area contributed by atoms with Crippen molar-refractivity contribution >= 4 is 0 Å². The molecule has 2 aromatic rings. The SMILES string of the molecule is NCc1ccc(C(F)(F)F)cc1-c1cc[c]cc1. The minimum Gasteiger partial charge on any atom is -0.326 e. The summed E-state index contributed by atoms with van der Waals surface area (Å²) in [6.07, 6.45) is -4.34. The van der Waals surface area contributed by atoms with Crippen LogP contribution in [0.5, 0.6) is 0 Å². The van der Waals surface area contributed by atoms with Crippen LogP contribution in [0.3, 0.4) is 0 Å². The topological polar surface area (TPSA) is 26.0 Å². The summed E-state index contributed by atoms with van der Waals surface area (Å²) in [7, 11) is 0. The molecule has 0 aliphatic heterocycles. The summed E-state index contributed by atoms with van der Waals surface area (Å²) in [6.45, 7) is 0.200. The maximum atomic E-state index is 12.7. The Bertz CT molecular complexity index is 532. The first-order valence-electron chi connectivity index (χ1n) is 5.39. The van der Waals surface area contributed by atoms with E-state index in [4.69, 9.17) is 5.73 Å². The summed E-state index contributed by atoms with van der Waals surface area (Å²) >= 11 is 0. The number of nitrogens with two attached hydrogens (primary N) is 1. The van der Waals surface area contributed by atoms with E-state index < -0.39 is 11.7 Å². The van der Waals surface area contributed by atoms with Gasteiger partial charge in [-0.25, -0.2) is 0 Å². The molecule has 0 saturated heterocycles. The third kappa shape index (κ3) is 2.54. The quantitative estimate of drug-likeness (QED) is 0.865. The van der Waals surface area contributed by atoms with Gasteiger partial charge in [0.25, 0.3) is 0 Å². The lowest BCUT2D eigenvalue weighted by atomic mass is 9.97. The molecule has 18 heavy (non-hydrogen) atoms. The highest BCUT2D eigenvalue weighted by Crippen LogP contribution is 2.33. The number of alkyl halides is 3. The highest BCUT2D eigenvalue weighted by atomic mass is 19.4. The van der Waals surface area contributed by atoms with Crippen molar-refractivity contribution in [2.24, 2.45) is 5.73 Å². The van der Waals surface area contributed by atoms with Gasteiger partial charge in [-0.2, -0.15) is 13.2 Å². The van der Waals surface area contributed by atoms with E-state index in [-0.39, 0.29) is 6.54 Å². The van der Waals surface area contributed by atoms with E-state index in [1.54, 1.807) is 24.3 Å². The van der Waals surface area contributed by atoms with Crippen molar-refractivity contribution in [2.75, 3.05) is 0 Å². The van der Waals surface area contributed by atoms with Crippen molar-refractivity contribution in [3.8, 4) is 11.1 Å². The van der Waals surface area contributed by atoms with Crippen LogP contribution in [-0.2, 0) is 12.7 Å². The Kier molecular flexibility index (Phi) is 3.39. The predicted molar refractivity (Wildman–Crippen MR) is 63.6 cm³/mol. The molecule has 0 bridgehead atoms. The summed E-state index contributed by atoms with van der Waals surface area (Å²) in [4.78, 5) is 0. The zero-order chi connectivity index (χ0) is 13.2. The summed E-state index contributed by atoms with van der Waals surface area (Å²) in [6, 6.07) is 13.2. The number of rotatable bonds is 2. The third-order valence-electron chi connectivity index (χ3n) is 2.69. The zero-order valence-electron chi connectivity index (χ0n) is 9.46. The molecule has 1 radical (unpaired) electrons. The molecule has 0 aliphatic rings. The van der Waals surface area contributed by atoms with Crippen LogP contribution in [0.1, 0.15) is 11.1 Å². The molecule has 0 saturated carbocycles. The van der Waals surface area contributed by atoms with E-state index in [9.17, 15) is 13.2 Å². The maximum absolute atomic E-state index is 12.7. The van der Waals surface area contributed by atoms with Gasteiger partial charge in [-0.15, -0.1) is 0 Å². The smallest absolute Gasteiger partial charge is 0.326 e. The van der Waals surface area contributed by atoms with Crippen molar-refractivity contribution < 1.29 is 13.2 Å². The van der Waals surface area contributed by atoms with Crippen LogP contribution < -0.4 is 5.73 Å². The van der Waals surface area contributed by atoms with E-state index in [1.165, 1.54) is 6.07 Å². The van der Waals surface area contributed by atoms with Crippen molar-refractivity contribution in [2.45, 2.75) is 12.7 Å². The minimum atomic E-state index is -4.34. The van der Waals surface area contributed by atoms with Gasteiger partial charge in [-0.05, 0) is 34.9 Å². The Morgan fingerprint density at radius 1 is 1.06 bits per heavy atom. The van der Waals surface area contributed by atoms with Gasteiger partial charge in [0.05, 0.1) is 5.56 Å². The number of hydrogen-bond donors (Lipinski definition) is 1. The highest BCUT2D eigenvalue weighted by Gasteiger charge is 2.30. The molecule has 0 unspecified atom stereocenters. The molecule has 1 nitrogen and oxygen atoms in total. The summed E-state index contributed by atoms with van der Waals surface area (Å²) < 4.78 is 38.0. The lowest BCUT2D eigenvalue weighted by molar-refractivity contribution is -0.137. The minimum absolute atomic E-state index is 0.200. The Morgan fingerprint density at radius 2 is 1.72 bits per heavy atom. The lowest BCUT2D eigenvalue weighted by Gasteiger charge is -2.12. The molecule has 0 heterocycles. The van der Waals surface area contributed by atoms with Crippen LogP contribution in [-0.4, -0.2) is 0 Å². The fraction of sp³-hybridized carbons (Fsp3) is 0.143. The van der Waals surface area contributed by atoms with Gasteiger partial charge in [0, 0.05) is 6.54 Å². The Morgan fingerprint density at radius 3 is 2.28 bits per heavy atom. The standard InChI is InChI=1S/C14H11F3N/c15-14(16,17)12-7-6-11(9-18)13(8-12)10-4-2-1-3-5-10/h2-8H,9,18H2. The van der Waals surface area contributed by atoms with E-state index in [0.717, 1.165) is 12.1 Å². The van der Waals surface area contributed by atoms with Crippen LogP contribution in [0.4, 0.5) is 13.2 Å². The van der Waals surface area contributed by atoms with E-state index in [1.807, 2.05) is 0 Å². The van der Waals surface area contributed by atoms with Crippen molar-refractivity contribution in [3.05, 3.63) is 59.7 Å². The number of halogens is 3. The average molecular weight is 250 g/mol. The molecule has 0 amide bonds. The normalized spacial score (nSPS) is 11.6. The average Bonchev–Trinajstić information content (AvgIpc) is 2.38. The second-order valence-electron chi connectivity index (χ2n) is 3.86. The van der Waals surface area contributed by atoms with Gasteiger partial charge in [0.15, 0.2) is 0 Å². The van der Waals surface area contributed by atoms with Gasteiger partial charge in [-0.1, -0.05) is 30.3 Å². The van der Waals surface area contributed by atoms with Crippen LogP contribution in [0.15, 0.2) is 42.5 Å². The van der Waals surface area contributed by atoms with Gasteiger partial charge < -0.3 is 5.73 Å². The Balaban J connectivity index is 2.57. The first-order valence-corrected chi connectivity index (χ1v) is 5.39. The third-order valence-corrected chi connectivity index (χ3v) is 2.69. The molecule has 4 heteroatoms. The molecular formula is C14H11F3N. The van der Waals surface area contributed by atoms with Gasteiger partial charge in [0.2, 0.25) is 0 Å². The molecular weight excluding hydrogens is 239 g/mol. The molecule has 0 fully saturated rings. The Hall–Kier alpha value is -1.81. The van der Waals surface area contributed by atoms with Crippen molar-refractivity contribution in [1.82, 2.24) is 0 Å². The molecule has 0 atom stereocenters. The Labute approximate surface area is 103 Å². The van der Waals surface area contributed by atoms with Crippen LogP contribution in [0, 0.1) is 6.07 Å². The van der Waals surface area contributed by atoms with E-state index in [0.29, 0.717) is 16.7 Å². The number of benzene rings is 2.